The highest BCUT2D eigenvalue weighted by Gasteiger charge is 2.45. The third-order valence-corrected chi connectivity index (χ3v) is 8.15. The minimum atomic E-state index is -0.674. The molecule has 6 rings (SSSR count). The molecule has 0 radical (unpaired) electrons. The zero-order chi connectivity index (χ0) is 24.6. The molecule has 3 aliphatic rings. The molecule has 0 saturated carbocycles. The molecule has 0 aromatic heterocycles. The van der Waals surface area contributed by atoms with E-state index < -0.39 is 6.04 Å². The predicted octanol–water partition coefficient (Wildman–Crippen LogP) is 5.76. The van der Waals surface area contributed by atoms with E-state index in [1.807, 2.05) is 29.2 Å². The Morgan fingerprint density at radius 3 is 2.58 bits per heavy atom. The van der Waals surface area contributed by atoms with Crippen LogP contribution in [0.1, 0.15) is 67.3 Å². The first-order valence-corrected chi connectivity index (χ1v) is 13.1. The van der Waals surface area contributed by atoms with Crippen molar-refractivity contribution in [3.8, 4) is 0 Å². The normalized spacial score (nSPS) is 22.4. The number of hydrogen-bond acceptors (Lipinski definition) is 4. The first kappa shape index (κ1) is 23.0. The number of hydrogen-bond donors (Lipinski definition) is 1. The first-order chi connectivity index (χ1) is 17.7. The molecular weight excluding hydrogens is 448 g/mol. The van der Waals surface area contributed by atoms with Crippen molar-refractivity contribution in [1.29, 1.82) is 0 Å². The summed E-state index contributed by atoms with van der Waals surface area (Å²) in [5, 5.41) is 5.82. The Kier molecular flexibility index (Phi) is 6.10. The lowest BCUT2D eigenvalue weighted by molar-refractivity contribution is -0.145. The zero-order valence-electron chi connectivity index (χ0n) is 20.7. The summed E-state index contributed by atoms with van der Waals surface area (Å²) in [5.41, 5.74) is 5.52. The number of nitrogens with one attached hydrogen (secondary N) is 1. The van der Waals surface area contributed by atoms with Gasteiger partial charge >= 0.3 is 5.97 Å². The Balaban J connectivity index is 1.41. The maximum absolute atomic E-state index is 13.9. The fraction of sp³-hybridized carbons (Fsp3) is 0.355. The van der Waals surface area contributed by atoms with E-state index in [-0.39, 0.29) is 24.1 Å². The molecule has 5 heteroatoms. The van der Waals surface area contributed by atoms with Crippen LogP contribution in [0.3, 0.4) is 0 Å². The molecule has 1 amide bonds. The lowest BCUT2D eigenvalue weighted by Gasteiger charge is -2.39. The molecule has 36 heavy (non-hydrogen) atoms. The number of carbonyl (C=O) groups excluding carboxylic acids is 2. The van der Waals surface area contributed by atoms with Crippen molar-refractivity contribution in [3.05, 3.63) is 94.6 Å². The average Bonchev–Trinajstić information content (AvgIpc) is 3.21. The number of esters is 1. The Labute approximate surface area is 212 Å². The zero-order valence-corrected chi connectivity index (χ0v) is 20.7. The maximum Gasteiger partial charge on any atom is 0.327 e. The summed E-state index contributed by atoms with van der Waals surface area (Å²) < 4.78 is 5.27. The lowest BCUT2D eigenvalue weighted by Crippen LogP contribution is -2.50. The molecule has 2 aliphatic carbocycles. The molecule has 3 aromatic carbocycles. The molecular formula is C31H32N2O3. The largest absolute Gasteiger partial charge is 0.468 e. The quantitative estimate of drug-likeness (QED) is 0.472. The predicted molar refractivity (Wildman–Crippen MR) is 140 cm³/mol. The summed E-state index contributed by atoms with van der Waals surface area (Å²) >= 11 is 0. The van der Waals surface area contributed by atoms with Gasteiger partial charge in [0, 0.05) is 5.57 Å². The first-order valence-electron chi connectivity index (χ1n) is 13.1. The minimum Gasteiger partial charge on any atom is -0.468 e. The Morgan fingerprint density at radius 1 is 0.944 bits per heavy atom. The van der Waals surface area contributed by atoms with Gasteiger partial charge in [-0.1, -0.05) is 60.7 Å². The van der Waals surface area contributed by atoms with Gasteiger partial charge < -0.3 is 9.64 Å². The summed E-state index contributed by atoms with van der Waals surface area (Å²) in [6.45, 7) is 0. The van der Waals surface area contributed by atoms with Crippen molar-refractivity contribution in [2.75, 3.05) is 7.11 Å². The van der Waals surface area contributed by atoms with E-state index in [0.717, 1.165) is 72.4 Å². The van der Waals surface area contributed by atoms with Gasteiger partial charge in [-0.15, -0.1) is 0 Å². The highest BCUT2D eigenvalue weighted by atomic mass is 16.5. The topological polar surface area (TPSA) is 58.6 Å². The van der Waals surface area contributed by atoms with Gasteiger partial charge in [0.15, 0.2) is 0 Å². The number of ether oxygens (including phenoxy) is 1. The number of fused-ring (bicyclic) bond motifs is 2. The lowest BCUT2D eigenvalue weighted by atomic mass is 9.86. The van der Waals surface area contributed by atoms with Gasteiger partial charge in [0.05, 0.1) is 13.2 Å². The van der Waals surface area contributed by atoms with Gasteiger partial charge in [-0.2, -0.15) is 0 Å². The highest BCUT2D eigenvalue weighted by molar-refractivity contribution is 5.98. The van der Waals surface area contributed by atoms with Gasteiger partial charge in [0.25, 0.3) is 5.91 Å². The van der Waals surface area contributed by atoms with Crippen molar-refractivity contribution in [3.63, 3.8) is 0 Å². The van der Waals surface area contributed by atoms with Gasteiger partial charge in [-0.25, -0.2) is 4.79 Å². The third-order valence-electron chi connectivity index (χ3n) is 8.15. The molecule has 0 spiro atoms. The van der Waals surface area contributed by atoms with E-state index in [1.54, 1.807) is 0 Å². The number of rotatable bonds is 5. The van der Waals surface area contributed by atoms with Crippen molar-refractivity contribution < 1.29 is 14.3 Å². The van der Waals surface area contributed by atoms with Crippen LogP contribution in [0.4, 0.5) is 0 Å². The molecule has 0 fully saturated rings. The van der Waals surface area contributed by atoms with E-state index in [0.29, 0.717) is 0 Å². The number of carbonyl (C=O) groups is 2. The molecule has 1 heterocycles. The molecule has 0 bridgehead atoms. The van der Waals surface area contributed by atoms with Gasteiger partial charge in [-0.3, -0.25) is 10.1 Å². The number of amides is 1. The van der Waals surface area contributed by atoms with Crippen LogP contribution in [0.5, 0.6) is 0 Å². The summed E-state index contributed by atoms with van der Waals surface area (Å²) in [7, 11) is 1.43. The van der Waals surface area contributed by atoms with Crippen LogP contribution >= 0.6 is 0 Å². The van der Waals surface area contributed by atoms with Crippen molar-refractivity contribution in [2.45, 2.75) is 63.2 Å². The fourth-order valence-corrected chi connectivity index (χ4v) is 6.40. The van der Waals surface area contributed by atoms with E-state index >= 15 is 0 Å². The SMILES string of the molecule is COC(=O)[C@H](N[C@H]1C2=C(CCCC2)C(=O)N1[C@H]1CCCc2ccccc21)c1ccc2ccccc2c1. The standard InChI is InChI=1S/C31H32N2O3/c1-36-31(35)28(23-18-17-20-9-2-3-11-22(20)19-23)32-29-25-14-6-7-15-26(25)30(34)33(29)27-16-8-12-21-10-4-5-13-24(21)27/h2-5,9-11,13,17-19,27-29,32H,6-8,12,14-16H2,1H3/t27-,28+,29+/m0/s1. The van der Waals surface area contributed by atoms with Crippen LogP contribution in [0.15, 0.2) is 77.9 Å². The molecule has 1 N–H and O–H groups in total. The molecule has 5 nitrogen and oxygen atoms in total. The van der Waals surface area contributed by atoms with E-state index in [9.17, 15) is 9.59 Å². The second kappa shape index (κ2) is 9.55. The second-order valence-corrected chi connectivity index (χ2v) is 10.2. The van der Waals surface area contributed by atoms with Crippen LogP contribution in [0.2, 0.25) is 0 Å². The Morgan fingerprint density at radius 2 is 1.72 bits per heavy atom. The highest BCUT2D eigenvalue weighted by Crippen LogP contribution is 2.44. The molecule has 3 atom stereocenters. The molecule has 0 saturated heterocycles. The maximum atomic E-state index is 13.9. The molecule has 0 unspecified atom stereocenters. The second-order valence-electron chi connectivity index (χ2n) is 10.2. The summed E-state index contributed by atoms with van der Waals surface area (Å²) in [6, 6.07) is 22.1. The Hall–Kier alpha value is -3.44. The third kappa shape index (κ3) is 3.92. The monoisotopic (exact) mass is 480 g/mol. The van der Waals surface area contributed by atoms with Crippen LogP contribution < -0.4 is 5.32 Å². The number of nitrogens with zero attached hydrogens (tertiary/aromatic N) is 1. The van der Waals surface area contributed by atoms with Gasteiger partial charge in [0.1, 0.15) is 12.2 Å². The molecule has 3 aromatic rings. The summed E-state index contributed by atoms with van der Waals surface area (Å²) in [4.78, 5) is 29.1. The number of methoxy groups -OCH3 is 1. The van der Waals surface area contributed by atoms with Gasteiger partial charge in [-0.05, 0) is 84.0 Å². The van der Waals surface area contributed by atoms with Crippen molar-refractivity contribution in [1.82, 2.24) is 10.2 Å². The average molecular weight is 481 g/mol. The minimum absolute atomic E-state index is 0.000417. The molecule has 184 valence electrons. The fourth-order valence-electron chi connectivity index (χ4n) is 6.40. The van der Waals surface area contributed by atoms with Crippen LogP contribution in [0.25, 0.3) is 10.8 Å². The Bertz CT molecular complexity index is 1360. The summed E-state index contributed by atoms with van der Waals surface area (Å²) in [6.07, 6.45) is 6.51. The van der Waals surface area contributed by atoms with Crippen LogP contribution in [-0.4, -0.2) is 30.1 Å². The number of aryl methyl sites for hydroxylation is 1. The van der Waals surface area contributed by atoms with E-state index in [4.69, 9.17) is 4.74 Å². The van der Waals surface area contributed by atoms with Crippen LogP contribution in [-0.2, 0) is 20.7 Å². The van der Waals surface area contributed by atoms with E-state index in [2.05, 4.69) is 47.8 Å². The van der Waals surface area contributed by atoms with Crippen LogP contribution in [0, 0.1) is 0 Å². The van der Waals surface area contributed by atoms with Gasteiger partial charge in [0.2, 0.25) is 0 Å². The van der Waals surface area contributed by atoms with Crippen molar-refractivity contribution in [2.24, 2.45) is 0 Å². The summed E-state index contributed by atoms with van der Waals surface area (Å²) in [5.74, 6) is -0.211. The smallest absolute Gasteiger partial charge is 0.327 e. The van der Waals surface area contributed by atoms with E-state index in [1.165, 1.54) is 18.2 Å². The molecule has 1 aliphatic heterocycles. The number of benzene rings is 3. The van der Waals surface area contributed by atoms with Crippen molar-refractivity contribution >= 4 is 22.6 Å².